The van der Waals surface area contributed by atoms with Crippen molar-refractivity contribution in [2.75, 3.05) is 13.2 Å². The van der Waals surface area contributed by atoms with Crippen molar-refractivity contribution in [2.45, 2.75) is 33.4 Å². The topological polar surface area (TPSA) is 58.6 Å². The second kappa shape index (κ2) is 10.3. The number of hydrogen-bond acceptors (Lipinski definition) is 3. The Morgan fingerprint density at radius 2 is 1.93 bits per heavy atom. The number of carbonyl (C=O) groups is 2. The molecule has 0 heterocycles. The molecule has 2 aromatic rings. The molecule has 1 unspecified atom stereocenters. The Morgan fingerprint density at radius 3 is 2.57 bits per heavy atom. The van der Waals surface area contributed by atoms with Crippen molar-refractivity contribution in [3.63, 3.8) is 0 Å². The van der Waals surface area contributed by atoms with Gasteiger partial charge in [-0.05, 0) is 62.2 Å². The minimum atomic E-state index is -0.651. The lowest BCUT2D eigenvalue weighted by Crippen LogP contribution is -2.49. The number of amides is 2. The van der Waals surface area contributed by atoms with Crippen LogP contribution in [-0.2, 0) is 16.1 Å². The first kappa shape index (κ1) is 22.1. The van der Waals surface area contributed by atoms with Gasteiger partial charge in [0.15, 0.2) is 6.61 Å². The smallest absolute Gasteiger partial charge is 0.261 e. The van der Waals surface area contributed by atoms with Crippen molar-refractivity contribution in [2.24, 2.45) is 0 Å². The lowest BCUT2D eigenvalue weighted by molar-refractivity contribution is -0.142. The molecule has 0 aliphatic carbocycles. The van der Waals surface area contributed by atoms with Crippen LogP contribution >= 0.6 is 23.2 Å². The predicted octanol–water partition coefficient (Wildman–Crippen LogP) is 4.23. The quantitative estimate of drug-likeness (QED) is 0.691. The molecule has 2 aromatic carbocycles. The lowest BCUT2D eigenvalue weighted by atomic mass is 10.1. The maximum absolute atomic E-state index is 12.9. The number of nitrogens with zero attached hydrogens (tertiary/aromatic N) is 1. The first-order valence-corrected chi connectivity index (χ1v) is 9.78. The van der Waals surface area contributed by atoms with Gasteiger partial charge in [0, 0.05) is 23.1 Å². The average Bonchev–Trinajstić information content (AvgIpc) is 2.66. The number of benzene rings is 2. The Balaban J connectivity index is 2.15. The zero-order chi connectivity index (χ0) is 20.7. The van der Waals surface area contributed by atoms with Crippen LogP contribution in [0.25, 0.3) is 0 Å². The minimum absolute atomic E-state index is 0.189. The van der Waals surface area contributed by atoms with Crippen LogP contribution in [0.3, 0.4) is 0 Å². The van der Waals surface area contributed by atoms with E-state index < -0.39 is 6.04 Å². The summed E-state index contributed by atoms with van der Waals surface area (Å²) in [4.78, 5) is 26.7. The molecule has 0 saturated carbocycles. The van der Waals surface area contributed by atoms with Crippen LogP contribution in [0.2, 0.25) is 10.0 Å². The number of hydrogen-bond donors (Lipinski definition) is 1. The van der Waals surface area contributed by atoms with Gasteiger partial charge in [-0.3, -0.25) is 9.59 Å². The molecule has 150 valence electrons. The molecule has 1 N–H and O–H groups in total. The summed E-state index contributed by atoms with van der Waals surface area (Å²) in [7, 11) is 0. The van der Waals surface area contributed by atoms with Crippen LogP contribution < -0.4 is 10.1 Å². The fourth-order valence-corrected chi connectivity index (χ4v) is 3.00. The van der Waals surface area contributed by atoms with Gasteiger partial charge in [0.2, 0.25) is 5.91 Å². The number of nitrogens with one attached hydrogen (secondary N) is 1. The SMILES string of the molecule is CCNC(=O)C(C)N(Cc1cccc(Cl)c1)C(=O)COc1ccc(Cl)c(C)c1. The minimum Gasteiger partial charge on any atom is -0.484 e. The van der Waals surface area contributed by atoms with Gasteiger partial charge in [0.25, 0.3) is 5.91 Å². The first-order valence-electron chi connectivity index (χ1n) is 9.02. The van der Waals surface area contributed by atoms with E-state index in [2.05, 4.69) is 5.32 Å². The summed E-state index contributed by atoms with van der Waals surface area (Å²) in [6.45, 7) is 5.94. The van der Waals surface area contributed by atoms with Crippen LogP contribution in [0.4, 0.5) is 0 Å². The molecule has 5 nitrogen and oxygen atoms in total. The third-order valence-electron chi connectivity index (χ3n) is 4.25. The van der Waals surface area contributed by atoms with Crippen LogP contribution in [0, 0.1) is 6.92 Å². The number of carbonyl (C=O) groups excluding carboxylic acids is 2. The normalized spacial score (nSPS) is 11.6. The zero-order valence-corrected chi connectivity index (χ0v) is 17.7. The van der Waals surface area contributed by atoms with Gasteiger partial charge in [-0.1, -0.05) is 35.3 Å². The van der Waals surface area contributed by atoms with Gasteiger partial charge in [-0.2, -0.15) is 0 Å². The molecule has 0 aromatic heterocycles. The van der Waals surface area contributed by atoms with Crippen molar-refractivity contribution in [3.05, 3.63) is 63.6 Å². The Hall–Kier alpha value is -2.24. The van der Waals surface area contributed by atoms with E-state index in [1.807, 2.05) is 26.0 Å². The third kappa shape index (κ3) is 6.14. The van der Waals surface area contributed by atoms with E-state index in [0.29, 0.717) is 22.3 Å². The van der Waals surface area contributed by atoms with Crippen molar-refractivity contribution in [1.29, 1.82) is 0 Å². The molecule has 0 saturated heterocycles. The largest absolute Gasteiger partial charge is 0.484 e. The molecular formula is C21H24Cl2N2O3. The highest BCUT2D eigenvalue weighted by Crippen LogP contribution is 2.21. The average molecular weight is 423 g/mol. The molecule has 0 fully saturated rings. The van der Waals surface area contributed by atoms with Crippen LogP contribution in [-0.4, -0.2) is 35.9 Å². The van der Waals surface area contributed by atoms with Crippen molar-refractivity contribution in [3.8, 4) is 5.75 Å². The van der Waals surface area contributed by atoms with Crippen molar-refractivity contribution in [1.82, 2.24) is 10.2 Å². The van der Waals surface area contributed by atoms with E-state index in [0.717, 1.165) is 11.1 Å². The second-order valence-electron chi connectivity index (χ2n) is 6.42. The highest BCUT2D eigenvalue weighted by Gasteiger charge is 2.26. The van der Waals surface area contributed by atoms with Crippen LogP contribution in [0.1, 0.15) is 25.0 Å². The summed E-state index contributed by atoms with van der Waals surface area (Å²) in [6, 6.07) is 11.7. The molecule has 1 atom stereocenters. The van der Waals surface area contributed by atoms with Gasteiger partial charge < -0.3 is 15.0 Å². The van der Waals surface area contributed by atoms with Gasteiger partial charge in [0.05, 0.1) is 0 Å². The Kier molecular flexibility index (Phi) is 8.15. The maximum Gasteiger partial charge on any atom is 0.261 e. The van der Waals surface area contributed by atoms with E-state index in [1.165, 1.54) is 4.90 Å². The number of ether oxygens (including phenoxy) is 1. The molecule has 28 heavy (non-hydrogen) atoms. The molecule has 0 aliphatic rings. The second-order valence-corrected chi connectivity index (χ2v) is 7.27. The van der Waals surface area contributed by atoms with Gasteiger partial charge >= 0.3 is 0 Å². The van der Waals surface area contributed by atoms with Gasteiger partial charge in [-0.15, -0.1) is 0 Å². The summed E-state index contributed by atoms with van der Waals surface area (Å²) < 4.78 is 5.63. The Morgan fingerprint density at radius 1 is 1.18 bits per heavy atom. The van der Waals surface area contributed by atoms with E-state index in [1.54, 1.807) is 37.3 Å². The van der Waals surface area contributed by atoms with Crippen LogP contribution in [0.15, 0.2) is 42.5 Å². The monoisotopic (exact) mass is 422 g/mol. The Labute approximate surface area is 175 Å². The zero-order valence-electron chi connectivity index (χ0n) is 16.2. The summed E-state index contributed by atoms with van der Waals surface area (Å²) >= 11 is 12.1. The summed E-state index contributed by atoms with van der Waals surface area (Å²) in [5.41, 5.74) is 1.69. The molecular weight excluding hydrogens is 399 g/mol. The lowest BCUT2D eigenvalue weighted by Gasteiger charge is -2.28. The number of likely N-dealkylation sites (N-methyl/N-ethyl adjacent to an activating group) is 1. The highest BCUT2D eigenvalue weighted by molar-refractivity contribution is 6.31. The number of aryl methyl sites for hydroxylation is 1. The number of halogens is 2. The fraction of sp³-hybridized carbons (Fsp3) is 0.333. The van der Waals surface area contributed by atoms with Gasteiger partial charge in [-0.25, -0.2) is 0 Å². The molecule has 0 bridgehead atoms. The molecule has 2 amide bonds. The van der Waals surface area contributed by atoms with Crippen molar-refractivity contribution >= 4 is 35.0 Å². The van der Waals surface area contributed by atoms with E-state index in [4.69, 9.17) is 27.9 Å². The first-order chi connectivity index (χ1) is 13.3. The highest BCUT2D eigenvalue weighted by atomic mass is 35.5. The standard InChI is InChI=1S/C21H24Cl2N2O3/c1-4-24-21(27)15(3)25(12-16-6-5-7-17(22)11-16)20(26)13-28-18-8-9-19(23)14(2)10-18/h5-11,15H,4,12-13H2,1-3H3,(H,24,27). The summed E-state index contributed by atoms with van der Waals surface area (Å²) in [5, 5.41) is 3.95. The summed E-state index contributed by atoms with van der Waals surface area (Å²) in [5.74, 6) is 0.0233. The molecule has 2 rings (SSSR count). The van der Waals surface area contributed by atoms with E-state index >= 15 is 0 Å². The molecule has 7 heteroatoms. The predicted molar refractivity (Wildman–Crippen MR) is 112 cm³/mol. The van der Waals surface area contributed by atoms with Crippen LogP contribution in [0.5, 0.6) is 5.75 Å². The number of rotatable bonds is 8. The third-order valence-corrected chi connectivity index (χ3v) is 4.91. The van der Waals surface area contributed by atoms with E-state index in [-0.39, 0.29) is 25.0 Å². The maximum atomic E-state index is 12.9. The molecule has 0 spiro atoms. The van der Waals surface area contributed by atoms with Gasteiger partial charge in [0.1, 0.15) is 11.8 Å². The molecule has 0 aliphatic heterocycles. The van der Waals surface area contributed by atoms with Crippen molar-refractivity contribution < 1.29 is 14.3 Å². The molecule has 0 radical (unpaired) electrons. The summed E-state index contributed by atoms with van der Waals surface area (Å²) in [6.07, 6.45) is 0. The van der Waals surface area contributed by atoms with E-state index in [9.17, 15) is 9.59 Å². The Bertz CT molecular complexity index is 842. The fourth-order valence-electron chi connectivity index (χ4n) is 2.67.